The number of rotatable bonds is 3. The highest BCUT2D eigenvalue weighted by Gasteiger charge is 2.10. The van der Waals surface area contributed by atoms with Crippen molar-refractivity contribution in [2.75, 3.05) is 5.73 Å². The van der Waals surface area contributed by atoms with Crippen molar-refractivity contribution in [3.63, 3.8) is 0 Å². The Kier molecular flexibility index (Phi) is 3.82. The average Bonchev–Trinajstić information content (AvgIpc) is 2.35. The van der Waals surface area contributed by atoms with Gasteiger partial charge in [-0.15, -0.1) is 0 Å². The van der Waals surface area contributed by atoms with Crippen LogP contribution in [0.1, 0.15) is 5.56 Å². The highest BCUT2D eigenvalue weighted by atomic mass is 35.5. The fraction of sp³-hybridized carbons (Fsp3) is 0.0769. The third-order valence-electron chi connectivity index (χ3n) is 2.44. The minimum Gasteiger partial charge on any atom is -0.398 e. The van der Waals surface area contributed by atoms with E-state index in [1.54, 1.807) is 18.2 Å². The molecule has 0 fully saturated rings. The molecule has 0 aliphatic heterocycles. The van der Waals surface area contributed by atoms with E-state index in [2.05, 4.69) is 0 Å². The fourth-order valence-electron chi connectivity index (χ4n) is 1.51. The van der Waals surface area contributed by atoms with E-state index >= 15 is 0 Å². The van der Waals surface area contributed by atoms with Crippen molar-refractivity contribution in [2.45, 2.75) is 10.6 Å². The average molecular weight is 266 g/mol. The second kappa shape index (κ2) is 5.34. The molecule has 2 aromatic rings. The molecule has 0 heterocycles. The first-order valence-corrected chi connectivity index (χ1v) is 6.84. The standard InChI is InChI=1S/C13H12ClNOS/c14-12-7-4-8-13(15)11(12)9-17(16)10-5-2-1-3-6-10/h1-8H,9,15H2. The summed E-state index contributed by atoms with van der Waals surface area (Å²) in [4.78, 5) is 0.784. The predicted octanol–water partition coefficient (Wildman–Crippen LogP) is 3.23. The molecule has 0 aliphatic carbocycles. The van der Waals surface area contributed by atoms with E-state index in [1.165, 1.54) is 0 Å². The van der Waals surface area contributed by atoms with Crippen molar-refractivity contribution in [3.05, 3.63) is 59.1 Å². The summed E-state index contributed by atoms with van der Waals surface area (Å²) < 4.78 is 12.1. The third-order valence-corrected chi connectivity index (χ3v) is 4.14. The lowest BCUT2D eigenvalue weighted by Crippen LogP contribution is -2.01. The van der Waals surface area contributed by atoms with Crippen LogP contribution in [0, 0.1) is 0 Å². The summed E-state index contributed by atoms with van der Waals surface area (Å²) in [7, 11) is -1.12. The van der Waals surface area contributed by atoms with E-state index in [4.69, 9.17) is 17.3 Å². The van der Waals surface area contributed by atoms with Crippen LogP contribution in [0.4, 0.5) is 5.69 Å². The first-order chi connectivity index (χ1) is 8.18. The second-order valence-corrected chi connectivity index (χ2v) is 5.47. The molecule has 0 amide bonds. The van der Waals surface area contributed by atoms with Crippen LogP contribution in [0.25, 0.3) is 0 Å². The van der Waals surface area contributed by atoms with Crippen LogP contribution in [0.2, 0.25) is 5.02 Å². The summed E-state index contributed by atoms with van der Waals surface area (Å²) in [5.74, 6) is 0.343. The Morgan fingerprint density at radius 2 is 1.76 bits per heavy atom. The van der Waals surface area contributed by atoms with Crippen molar-refractivity contribution in [3.8, 4) is 0 Å². The molecule has 2 rings (SSSR count). The van der Waals surface area contributed by atoms with Gasteiger partial charge in [-0.1, -0.05) is 35.9 Å². The highest BCUT2D eigenvalue weighted by Crippen LogP contribution is 2.25. The van der Waals surface area contributed by atoms with Gasteiger partial charge in [-0.2, -0.15) is 0 Å². The maximum Gasteiger partial charge on any atom is 0.0575 e. The number of hydrogen-bond donors (Lipinski definition) is 1. The Labute approximate surface area is 108 Å². The largest absolute Gasteiger partial charge is 0.398 e. The van der Waals surface area contributed by atoms with E-state index in [0.717, 1.165) is 10.5 Å². The Balaban J connectivity index is 2.25. The van der Waals surface area contributed by atoms with Gasteiger partial charge in [-0.05, 0) is 24.3 Å². The maximum atomic E-state index is 12.1. The molecule has 0 aromatic heterocycles. The Hall–Kier alpha value is -1.32. The number of nitrogens with two attached hydrogens (primary N) is 1. The van der Waals surface area contributed by atoms with Crippen LogP contribution >= 0.6 is 11.6 Å². The van der Waals surface area contributed by atoms with Crippen molar-refractivity contribution < 1.29 is 4.21 Å². The van der Waals surface area contributed by atoms with Crippen molar-refractivity contribution in [1.29, 1.82) is 0 Å². The van der Waals surface area contributed by atoms with Gasteiger partial charge in [0.25, 0.3) is 0 Å². The predicted molar refractivity (Wildman–Crippen MR) is 72.4 cm³/mol. The lowest BCUT2D eigenvalue weighted by molar-refractivity contribution is 0.682. The summed E-state index contributed by atoms with van der Waals surface area (Å²) in [5.41, 5.74) is 7.16. The molecule has 0 aliphatic rings. The second-order valence-electron chi connectivity index (χ2n) is 3.61. The van der Waals surface area contributed by atoms with E-state index in [9.17, 15) is 4.21 Å². The molecule has 1 unspecified atom stereocenters. The Morgan fingerprint density at radius 1 is 1.06 bits per heavy atom. The first-order valence-electron chi connectivity index (χ1n) is 5.15. The van der Waals surface area contributed by atoms with Gasteiger partial charge in [-0.25, -0.2) is 0 Å². The SMILES string of the molecule is Nc1cccc(Cl)c1CS(=O)c1ccccc1. The molecule has 0 spiro atoms. The van der Waals surface area contributed by atoms with E-state index in [-0.39, 0.29) is 0 Å². The maximum absolute atomic E-state index is 12.1. The zero-order valence-electron chi connectivity index (χ0n) is 9.10. The van der Waals surface area contributed by atoms with Crippen molar-refractivity contribution >= 4 is 28.1 Å². The molecule has 0 radical (unpaired) electrons. The minimum atomic E-state index is -1.12. The summed E-state index contributed by atoms with van der Waals surface area (Å²) in [6, 6.07) is 14.6. The number of nitrogen functional groups attached to an aromatic ring is 1. The fourth-order valence-corrected chi connectivity index (χ4v) is 3.05. The summed E-state index contributed by atoms with van der Waals surface area (Å²) in [5, 5.41) is 0.564. The van der Waals surface area contributed by atoms with E-state index in [1.807, 2.05) is 30.3 Å². The molecule has 17 heavy (non-hydrogen) atoms. The van der Waals surface area contributed by atoms with Crippen LogP contribution in [-0.2, 0) is 16.6 Å². The minimum absolute atomic E-state index is 0.343. The summed E-state index contributed by atoms with van der Waals surface area (Å²) in [6.45, 7) is 0. The molecular weight excluding hydrogens is 254 g/mol. The van der Waals surface area contributed by atoms with Crippen LogP contribution in [0.5, 0.6) is 0 Å². The van der Waals surface area contributed by atoms with Gasteiger partial charge in [-0.3, -0.25) is 4.21 Å². The molecule has 0 saturated heterocycles. The molecule has 2 nitrogen and oxygen atoms in total. The van der Waals surface area contributed by atoms with Crippen LogP contribution < -0.4 is 5.73 Å². The third kappa shape index (κ3) is 2.87. The molecular formula is C13H12ClNOS. The van der Waals surface area contributed by atoms with Gasteiger partial charge in [0.05, 0.1) is 16.6 Å². The zero-order valence-corrected chi connectivity index (χ0v) is 10.7. The van der Waals surface area contributed by atoms with Gasteiger partial charge in [0.2, 0.25) is 0 Å². The molecule has 0 saturated carbocycles. The zero-order chi connectivity index (χ0) is 12.3. The normalized spacial score (nSPS) is 12.3. The van der Waals surface area contributed by atoms with Crippen LogP contribution in [-0.4, -0.2) is 4.21 Å². The van der Waals surface area contributed by atoms with Crippen LogP contribution in [0.3, 0.4) is 0 Å². The topological polar surface area (TPSA) is 43.1 Å². The molecule has 88 valence electrons. The number of halogens is 1. The number of anilines is 1. The van der Waals surface area contributed by atoms with Crippen molar-refractivity contribution in [1.82, 2.24) is 0 Å². The van der Waals surface area contributed by atoms with Crippen LogP contribution in [0.15, 0.2) is 53.4 Å². The van der Waals surface area contributed by atoms with Gasteiger partial charge in [0.1, 0.15) is 0 Å². The Morgan fingerprint density at radius 3 is 2.41 bits per heavy atom. The molecule has 1 atom stereocenters. The number of benzene rings is 2. The van der Waals surface area contributed by atoms with Gasteiger partial charge in [0.15, 0.2) is 0 Å². The van der Waals surface area contributed by atoms with Crippen molar-refractivity contribution in [2.24, 2.45) is 0 Å². The smallest absolute Gasteiger partial charge is 0.0575 e. The molecule has 4 heteroatoms. The molecule has 2 N–H and O–H groups in total. The van der Waals surface area contributed by atoms with E-state index in [0.29, 0.717) is 16.5 Å². The summed E-state index contributed by atoms with van der Waals surface area (Å²) >= 11 is 6.05. The lowest BCUT2D eigenvalue weighted by Gasteiger charge is -2.07. The highest BCUT2D eigenvalue weighted by molar-refractivity contribution is 7.84. The van der Waals surface area contributed by atoms with Gasteiger partial charge >= 0.3 is 0 Å². The quantitative estimate of drug-likeness (QED) is 0.866. The lowest BCUT2D eigenvalue weighted by atomic mass is 10.2. The van der Waals surface area contributed by atoms with Gasteiger partial charge < -0.3 is 5.73 Å². The number of hydrogen-bond acceptors (Lipinski definition) is 2. The van der Waals surface area contributed by atoms with Gasteiger partial charge in [0, 0.05) is 21.2 Å². The monoisotopic (exact) mass is 265 g/mol. The van der Waals surface area contributed by atoms with E-state index < -0.39 is 10.8 Å². The first kappa shape index (κ1) is 12.1. The summed E-state index contributed by atoms with van der Waals surface area (Å²) in [6.07, 6.45) is 0. The molecule has 0 bridgehead atoms. The molecule has 2 aromatic carbocycles. The Bertz CT molecular complexity index is 522.